The van der Waals surface area contributed by atoms with E-state index in [1.165, 1.54) is 36.5 Å². The number of amides is 2. The van der Waals surface area contributed by atoms with Gasteiger partial charge in [-0.05, 0) is 61.0 Å². The van der Waals surface area contributed by atoms with Crippen LogP contribution in [0.3, 0.4) is 0 Å². The summed E-state index contributed by atoms with van der Waals surface area (Å²) in [5.74, 6) is 0.182. The zero-order valence-electron chi connectivity index (χ0n) is 19.9. The first kappa shape index (κ1) is 27.0. The molecule has 0 unspecified atom stereocenters. The Labute approximate surface area is 217 Å². The van der Waals surface area contributed by atoms with Crippen LogP contribution in [0.2, 0.25) is 5.02 Å². The molecule has 0 radical (unpaired) electrons. The van der Waals surface area contributed by atoms with Crippen molar-refractivity contribution in [3.05, 3.63) is 86.9 Å². The van der Waals surface area contributed by atoms with E-state index in [4.69, 9.17) is 25.8 Å². The summed E-state index contributed by atoms with van der Waals surface area (Å²) in [6.45, 7) is 1.77. The number of non-ortho nitro benzene ring substituents is 1. The third kappa shape index (κ3) is 7.67. The Kier molecular flexibility index (Phi) is 9.39. The van der Waals surface area contributed by atoms with Crippen molar-refractivity contribution in [2.45, 2.75) is 6.92 Å². The summed E-state index contributed by atoms with van der Waals surface area (Å²) in [6.07, 6.45) is 1.35. The van der Waals surface area contributed by atoms with Crippen molar-refractivity contribution in [2.75, 3.05) is 25.6 Å². The highest BCUT2D eigenvalue weighted by Gasteiger charge is 2.15. The van der Waals surface area contributed by atoms with E-state index in [-0.39, 0.29) is 34.4 Å². The van der Waals surface area contributed by atoms with Gasteiger partial charge in [-0.25, -0.2) is 5.43 Å². The zero-order valence-corrected chi connectivity index (χ0v) is 20.7. The van der Waals surface area contributed by atoms with E-state index < -0.39 is 16.7 Å². The minimum absolute atomic E-state index is 0.126. The van der Waals surface area contributed by atoms with Gasteiger partial charge in [0.15, 0.2) is 18.1 Å². The van der Waals surface area contributed by atoms with E-state index in [0.29, 0.717) is 23.6 Å². The number of benzene rings is 3. The number of rotatable bonds is 11. The molecule has 2 amide bonds. The number of nitrogens with zero attached hydrogens (tertiary/aromatic N) is 2. The van der Waals surface area contributed by atoms with E-state index in [0.717, 1.165) is 0 Å². The molecule has 3 rings (SSSR count). The second kappa shape index (κ2) is 12.9. The standard InChI is InChI=1S/C25H23ClN4O7/c1-3-36-22-13-16(14-27-29-25(32)17-4-8-19(9-5-17)30(33)34)12-21(26)24(22)37-15-23(31)28-18-6-10-20(35-2)11-7-18/h4-14H,3,15H2,1-2H3,(H,28,31)(H,29,32)/b27-14+. The lowest BCUT2D eigenvalue weighted by atomic mass is 10.2. The third-order valence-corrected chi connectivity index (χ3v) is 5.05. The first-order chi connectivity index (χ1) is 17.8. The molecule has 3 aromatic rings. The lowest BCUT2D eigenvalue weighted by molar-refractivity contribution is -0.384. The van der Waals surface area contributed by atoms with Gasteiger partial charge in [-0.2, -0.15) is 5.10 Å². The Morgan fingerprint density at radius 1 is 1.08 bits per heavy atom. The van der Waals surface area contributed by atoms with E-state index in [1.54, 1.807) is 44.4 Å². The van der Waals surface area contributed by atoms with Crippen LogP contribution in [0.15, 0.2) is 65.8 Å². The fraction of sp³-hybridized carbons (Fsp3) is 0.160. The second-order valence-electron chi connectivity index (χ2n) is 7.33. The smallest absolute Gasteiger partial charge is 0.271 e. The summed E-state index contributed by atoms with van der Waals surface area (Å²) in [7, 11) is 1.55. The van der Waals surface area contributed by atoms with Gasteiger partial charge >= 0.3 is 0 Å². The first-order valence-corrected chi connectivity index (χ1v) is 11.3. The van der Waals surface area contributed by atoms with Crippen LogP contribution in [0.25, 0.3) is 0 Å². The van der Waals surface area contributed by atoms with Crippen molar-refractivity contribution in [1.29, 1.82) is 0 Å². The molecule has 37 heavy (non-hydrogen) atoms. The van der Waals surface area contributed by atoms with Gasteiger partial charge in [0, 0.05) is 23.4 Å². The van der Waals surface area contributed by atoms with E-state index in [2.05, 4.69) is 15.8 Å². The van der Waals surface area contributed by atoms with Crippen LogP contribution >= 0.6 is 11.6 Å². The van der Waals surface area contributed by atoms with Gasteiger partial charge in [-0.15, -0.1) is 0 Å². The molecule has 0 aliphatic heterocycles. The number of methoxy groups -OCH3 is 1. The van der Waals surface area contributed by atoms with Crippen molar-refractivity contribution >= 4 is 41.0 Å². The molecule has 0 heterocycles. The molecule has 0 bridgehead atoms. The van der Waals surface area contributed by atoms with Gasteiger partial charge < -0.3 is 19.5 Å². The Balaban J connectivity index is 1.63. The number of ether oxygens (including phenoxy) is 3. The van der Waals surface area contributed by atoms with Gasteiger partial charge in [-0.1, -0.05) is 11.6 Å². The lowest BCUT2D eigenvalue weighted by Gasteiger charge is -2.14. The van der Waals surface area contributed by atoms with E-state index in [9.17, 15) is 19.7 Å². The number of anilines is 1. The predicted octanol–water partition coefficient (Wildman–Crippen LogP) is 4.44. The van der Waals surface area contributed by atoms with Crippen LogP contribution < -0.4 is 25.0 Å². The highest BCUT2D eigenvalue weighted by Crippen LogP contribution is 2.36. The molecular weight excluding hydrogens is 504 g/mol. The zero-order chi connectivity index (χ0) is 26.8. The van der Waals surface area contributed by atoms with Gasteiger partial charge in [-0.3, -0.25) is 19.7 Å². The number of carbonyl (C=O) groups is 2. The van der Waals surface area contributed by atoms with Crippen molar-refractivity contribution in [3.8, 4) is 17.2 Å². The van der Waals surface area contributed by atoms with Crippen molar-refractivity contribution in [3.63, 3.8) is 0 Å². The summed E-state index contributed by atoms with van der Waals surface area (Å²) < 4.78 is 16.3. The van der Waals surface area contributed by atoms with Gasteiger partial charge in [0.05, 0.1) is 29.9 Å². The fourth-order valence-electron chi connectivity index (χ4n) is 3.04. The quantitative estimate of drug-likeness (QED) is 0.214. The number of nitro benzene ring substituents is 1. The Morgan fingerprint density at radius 2 is 1.78 bits per heavy atom. The molecule has 3 aromatic carbocycles. The number of carbonyl (C=O) groups excluding carboxylic acids is 2. The molecule has 0 atom stereocenters. The number of hydrogen-bond donors (Lipinski definition) is 2. The molecule has 0 saturated carbocycles. The van der Waals surface area contributed by atoms with Gasteiger partial charge in [0.2, 0.25) is 0 Å². The number of hydrazone groups is 1. The number of nitro groups is 1. The molecule has 12 heteroatoms. The average Bonchev–Trinajstić information content (AvgIpc) is 2.89. The molecule has 0 spiro atoms. The van der Waals surface area contributed by atoms with Crippen LogP contribution in [0.1, 0.15) is 22.8 Å². The number of nitrogens with one attached hydrogen (secondary N) is 2. The molecule has 0 aliphatic rings. The summed E-state index contributed by atoms with van der Waals surface area (Å²) in [6, 6.07) is 15.0. The van der Waals surface area contributed by atoms with E-state index in [1.807, 2.05) is 0 Å². The minimum Gasteiger partial charge on any atom is -0.497 e. The molecule has 192 valence electrons. The van der Waals surface area contributed by atoms with E-state index >= 15 is 0 Å². The van der Waals surface area contributed by atoms with Crippen LogP contribution in [0.5, 0.6) is 17.2 Å². The molecular formula is C25H23ClN4O7. The summed E-state index contributed by atoms with van der Waals surface area (Å²) >= 11 is 6.37. The van der Waals surface area contributed by atoms with Crippen molar-refractivity contribution < 1.29 is 28.7 Å². The molecule has 0 aliphatic carbocycles. The molecule has 2 N–H and O–H groups in total. The molecule has 0 fully saturated rings. The summed E-state index contributed by atoms with van der Waals surface area (Å²) in [5, 5.41) is 17.5. The Bertz CT molecular complexity index is 1300. The maximum Gasteiger partial charge on any atom is 0.271 e. The van der Waals surface area contributed by atoms with Crippen LogP contribution in [-0.2, 0) is 4.79 Å². The summed E-state index contributed by atoms with van der Waals surface area (Å²) in [5.41, 5.74) is 3.48. The number of hydrogen-bond acceptors (Lipinski definition) is 8. The van der Waals surface area contributed by atoms with Crippen molar-refractivity contribution in [1.82, 2.24) is 5.43 Å². The maximum atomic E-state index is 12.3. The van der Waals surface area contributed by atoms with Crippen molar-refractivity contribution in [2.24, 2.45) is 5.10 Å². The minimum atomic E-state index is -0.555. The normalized spacial score (nSPS) is 10.6. The molecule has 11 nitrogen and oxygen atoms in total. The largest absolute Gasteiger partial charge is 0.497 e. The predicted molar refractivity (Wildman–Crippen MR) is 138 cm³/mol. The average molecular weight is 527 g/mol. The molecule has 0 saturated heterocycles. The fourth-order valence-corrected chi connectivity index (χ4v) is 3.31. The Morgan fingerprint density at radius 3 is 2.41 bits per heavy atom. The summed E-state index contributed by atoms with van der Waals surface area (Å²) in [4.78, 5) is 34.7. The second-order valence-corrected chi connectivity index (χ2v) is 7.74. The highest BCUT2D eigenvalue weighted by molar-refractivity contribution is 6.32. The van der Waals surface area contributed by atoms with Gasteiger partial charge in [0.25, 0.3) is 17.5 Å². The third-order valence-electron chi connectivity index (χ3n) is 4.77. The molecule has 0 aromatic heterocycles. The maximum absolute atomic E-state index is 12.3. The van der Waals surface area contributed by atoms with Crippen LogP contribution in [0, 0.1) is 10.1 Å². The first-order valence-electron chi connectivity index (χ1n) is 10.9. The topological polar surface area (TPSA) is 141 Å². The van der Waals surface area contributed by atoms with Crippen LogP contribution in [-0.4, -0.2) is 43.3 Å². The Hall–Kier alpha value is -4.64. The monoisotopic (exact) mass is 526 g/mol. The lowest BCUT2D eigenvalue weighted by Crippen LogP contribution is -2.20. The van der Waals surface area contributed by atoms with Crippen LogP contribution in [0.4, 0.5) is 11.4 Å². The number of halogens is 1. The van der Waals surface area contributed by atoms with Gasteiger partial charge in [0.1, 0.15) is 5.75 Å². The SMILES string of the molecule is CCOc1cc(/C=N/NC(=O)c2ccc([N+](=O)[O-])cc2)cc(Cl)c1OCC(=O)Nc1ccc(OC)cc1. The highest BCUT2D eigenvalue weighted by atomic mass is 35.5.